The highest BCUT2D eigenvalue weighted by molar-refractivity contribution is 5.81. The van der Waals surface area contributed by atoms with Crippen molar-refractivity contribution in [2.75, 3.05) is 27.2 Å². The van der Waals surface area contributed by atoms with Crippen molar-refractivity contribution in [3.05, 3.63) is 0 Å². The van der Waals surface area contributed by atoms with E-state index in [0.717, 1.165) is 32.4 Å². The maximum atomic E-state index is 12.1. The van der Waals surface area contributed by atoms with Crippen molar-refractivity contribution in [2.24, 2.45) is 5.92 Å². The van der Waals surface area contributed by atoms with Crippen molar-refractivity contribution in [1.29, 1.82) is 0 Å². The molecule has 1 saturated heterocycles. The van der Waals surface area contributed by atoms with Gasteiger partial charge in [-0.15, -0.1) is 0 Å². The molecule has 1 N–H and O–H groups in total. The maximum absolute atomic E-state index is 12.1. The molecule has 1 amide bonds. The van der Waals surface area contributed by atoms with E-state index < -0.39 is 0 Å². The van der Waals surface area contributed by atoms with Crippen LogP contribution in [0.4, 0.5) is 0 Å². The van der Waals surface area contributed by atoms with Crippen LogP contribution in [0.3, 0.4) is 0 Å². The molecule has 4 heteroatoms. The average molecular weight is 254 g/mol. The molecule has 1 aliphatic heterocycles. The summed E-state index contributed by atoms with van der Waals surface area (Å²) in [7, 11) is 4.21. The zero-order valence-corrected chi connectivity index (χ0v) is 11.7. The fourth-order valence-corrected chi connectivity index (χ4v) is 3.15. The summed E-state index contributed by atoms with van der Waals surface area (Å²) in [4.78, 5) is 14.3. The van der Waals surface area contributed by atoms with Crippen LogP contribution in [0.25, 0.3) is 0 Å². The van der Waals surface area contributed by atoms with Gasteiger partial charge in [0.05, 0.1) is 0 Å². The van der Waals surface area contributed by atoms with Gasteiger partial charge in [0.2, 0.25) is 5.91 Å². The van der Waals surface area contributed by atoms with Gasteiger partial charge in [0.1, 0.15) is 6.10 Å². The van der Waals surface area contributed by atoms with Crippen molar-refractivity contribution >= 4 is 5.91 Å². The number of amides is 1. The van der Waals surface area contributed by atoms with Gasteiger partial charge in [0, 0.05) is 19.2 Å². The Kier molecular flexibility index (Phi) is 5.01. The van der Waals surface area contributed by atoms with Crippen molar-refractivity contribution in [3.63, 3.8) is 0 Å². The molecule has 2 rings (SSSR count). The lowest BCUT2D eigenvalue weighted by Crippen LogP contribution is -2.48. The molecule has 0 aromatic carbocycles. The minimum absolute atomic E-state index is 0.114. The van der Waals surface area contributed by atoms with E-state index in [1.54, 1.807) is 0 Å². The van der Waals surface area contributed by atoms with Gasteiger partial charge in [-0.3, -0.25) is 4.79 Å². The molecule has 0 spiro atoms. The first kappa shape index (κ1) is 13.8. The molecule has 1 saturated carbocycles. The molecule has 1 aliphatic carbocycles. The van der Waals surface area contributed by atoms with Gasteiger partial charge in [-0.2, -0.15) is 0 Å². The van der Waals surface area contributed by atoms with Gasteiger partial charge < -0.3 is 15.0 Å². The third kappa shape index (κ3) is 3.69. The van der Waals surface area contributed by atoms with Crippen LogP contribution in [0, 0.1) is 5.92 Å². The van der Waals surface area contributed by atoms with E-state index in [-0.39, 0.29) is 12.0 Å². The van der Waals surface area contributed by atoms with Gasteiger partial charge in [0.15, 0.2) is 0 Å². The summed E-state index contributed by atoms with van der Waals surface area (Å²) in [5.41, 5.74) is 0. The predicted molar refractivity (Wildman–Crippen MR) is 71.4 cm³/mol. The number of ether oxygens (including phenoxy) is 1. The molecule has 18 heavy (non-hydrogen) atoms. The second-order valence-corrected chi connectivity index (χ2v) is 5.92. The summed E-state index contributed by atoms with van der Waals surface area (Å²) in [5, 5.41) is 3.23. The molecule has 0 aromatic heterocycles. The van der Waals surface area contributed by atoms with Crippen LogP contribution < -0.4 is 5.32 Å². The van der Waals surface area contributed by atoms with E-state index in [1.165, 1.54) is 19.3 Å². The highest BCUT2D eigenvalue weighted by atomic mass is 16.5. The fraction of sp³-hybridized carbons (Fsp3) is 0.929. The van der Waals surface area contributed by atoms with E-state index in [4.69, 9.17) is 4.74 Å². The standard InChI is InChI=1S/C14H26N2O2/c1-16(2)10-11-6-3-4-7-12(11)15-14(17)13-8-5-9-18-13/h11-13H,3-10H2,1-2H3,(H,15,17). The normalized spacial score (nSPS) is 32.7. The molecule has 4 nitrogen and oxygen atoms in total. The Morgan fingerprint density at radius 3 is 2.67 bits per heavy atom. The molecule has 1 heterocycles. The lowest BCUT2D eigenvalue weighted by molar-refractivity contribution is -0.131. The van der Waals surface area contributed by atoms with Crippen molar-refractivity contribution in [3.8, 4) is 0 Å². The van der Waals surface area contributed by atoms with E-state index >= 15 is 0 Å². The number of hydrogen-bond acceptors (Lipinski definition) is 3. The van der Waals surface area contributed by atoms with Gasteiger partial charge in [-0.25, -0.2) is 0 Å². The zero-order valence-electron chi connectivity index (χ0n) is 11.7. The Labute approximate surface area is 110 Å². The minimum atomic E-state index is -0.188. The van der Waals surface area contributed by atoms with Crippen LogP contribution in [0.15, 0.2) is 0 Å². The molecule has 104 valence electrons. The average Bonchev–Trinajstić information content (AvgIpc) is 2.84. The summed E-state index contributed by atoms with van der Waals surface area (Å²) in [6.07, 6.45) is 6.60. The Bertz CT molecular complexity index is 275. The molecule has 0 bridgehead atoms. The van der Waals surface area contributed by atoms with Crippen LogP contribution in [-0.2, 0) is 9.53 Å². The van der Waals surface area contributed by atoms with Crippen molar-refractivity contribution in [1.82, 2.24) is 10.2 Å². The van der Waals surface area contributed by atoms with E-state index in [2.05, 4.69) is 24.3 Å². The number of nitrogens with zero attached hydrogens (tertiary/aromatic N) is 1. The molecule has 0 aromatic rings. The van der Waals surface area contributed by atoms with Gasteiger partial charge in [-0.05, 0) is 45.7 Å². The number of carbonyl (C=O) groups is 1. The van der Waals surface area contributed by atoms with Crippen LogP contribution in [0.2, 0.25) is 0 Å². The molecule has 3 unspecified atom stereocenters. The third-order valence-electron chi connectivity index (χ3n) is 4.06. The molecule has 3 atom stereocenters. The summed E-state index contributed by atoms with van der Waals surface area (Å²) >= 11 is 0. The SMILES string of the molecule is CN(C)CC1CCCCC1NC(=O)C1CCCO1. The monoisotopic (exact) mass is 254 g/mol. The van der Waals surface area contributed by atoms with E-state index in [1.807, 2.05) is 0 Å². The molecule has 2 fully saturated rings. The first-order valence-electron chi connectivity index (χ1n) is 7.23. The van der Waals surface area contributed by atoms with Crippen LogP contribution in [-0.4, -0.2) is 50.2 Å². The number of rotatable bonds is 4. The summed E-state index contributed by atoms with van der Waals surface area (Å²) in [6.45, 7) is 1.81. The van der Waals surface area contributed by atoms with Gasteiger partial charge in [0.25, 0.3) is 0 Å². The Morgan fingerprint density at radius 1 is 1.22 bits per heavy atom. The largest absolute Gasteiger partial charge is 0.368 e. The quantitative estimate of drug-likeness (QED) is 0.824. The zero-order chi connectivity index (χ0) is 13.0. The highest BCUT2D eigenvalue weighted by Gasteiger charge is 2.30. The van der Waals surface area contributed by atoms with Crippen LogP contribution in [0.1, 0.15) is 38.5 Å². The van der Waals surface area contributed by atoms with Gasteiger partial charge >= 0.3 is 0 Å². The Balaban J connectivity index is 1.86. The smallest absolute Gasteiger partial charge is 0.249 e. The molecule has 2 aliphatic rings. The van der Waals surface area contributed by atoms with Gasteiger partial charge in [-0.1, -0.05) is 12.8 Å². The molecular formula is C14H26N2O2. The summed E-state index contributed by atoms with van der Waals surface area (Å²) in [6, 6.07) is 0.345. The highest BCUT2D eigenvalue weighted by Crippen LogP contribution is 2.25. The van der Waals surface area contributed by atoms with E-state index in [9.17, 15) is 4.79 Å². The summed E-state index contributed by atoms with van der Waals surface area (Å²) in [5.74, 6) is 0.710. The van der Waals surface area contributed by atoms with Crippen LogP contribution in [0.5, 0.6) is 0 Å². The lowest BCUT2D eigenvalue weighted by atomic mass is 9.84. The topological polar surface area (TPSA) is 41.6 Å². The Hall–Kier alpha value is -0.610. The number of carbonyl (C=O) groups excluding carboxylic acids is 1. The minimum Gasteiger partial charge on any atom is -0.368 e. The number of hydrogen-bond donors (Lipinski definition) is 1. The molecule has 0 radical (unpaired) electrons. The maximum Gasteiger partial charge on any atom is 0.249 e. The fourth-order valence-electron chi connectivity index (χ4n) is 3.15. The Morgan fingerprint density at radius 2 is 2.00 bits per heavy atom. The summed E-state index contributed by atoms with van der Waals surface area (Å²) < 4.78 is 5.45. The second kappa shape index (κ2) is 6.53. The van der Waals surface area contributed by atoms with Crippen molar-refractivity contribution in [2.45, 2.75) is 50.7 Å². The lowest BCUT2D eigenvalue weighted by Gasteiger charge is -2.34. The number of nitrogens with one attached hydrogen (secondary N) is 1. The third-order valence-corrected chi connectivity index (χ3v) is 4.06. The predicted octanol–water partition coefficient (Wildman–Crippen LogP) is 1.40. The first-order valence-corrected chi connectivity index (χ1v) is 7.23. The van der Waals surface area contributed by atoms with Crippen molar-refractivity contribution < 1.29 is 9.53 Å². The van der Waals surface area contributed by atoms with E-state index in [0.29, 0.717) is 12.0 Å². The molecular weight excluding hydrogens is 228 g/mol. The second-order valence-electron chi connectivity index (χ2n) is 5.92. The van der Waals surface area contributed by atoms with Crippen LogP contribution >= 0.6 is 0 Å². The first-order chi connectivity index (χ1) is 8.66.